The lowest BCUT2D eigenvalue weighted by molar-refractivity contribution is -0.135. The lowest BCUT2D eigenvalue weighted by Gasteiger charge is -2.38. The van der Waals surface area contributed by atoms with E-state index in [4.69, 9.17) is 4.43 Å². The fourth-order valence-electron chi connectivity index (χ4n) is 3.21. The molecule has 0 aliphatic carbocycles. The predicted octanol–water partition coefficient (Wildman–Crippen LogP) is 2.43. The molecule has 0 aromatic heterocycles. The molecule has 1 aromatic carbocycles. The van der Waals surface area contributed by atoms with Crippen LogP contribution in [0.15, 0.2) is 24.3 Å². The van der Waals surface area contributed by atoms with E-state index in [1.54, 1.807) is 12.1 Å². The largest absolute Gasteiger partial charge is 0.412 e. The second-order valence-corrected chi connectivity index (χ2v) is 13.6. The van der Waals surface area contributed by atoms with Crippen LogP contribution in [0.25, 0.3) is 0 Å². The van der Waals surface area contributed by atoms with Gasteiger partial charge in [0.05, 0.1) is 23.7 Å². The normalized spacial score (nSPS) is 20.2. The Hall–Kier alpha value is -2.32. The molecule has 4 amide bonds. The van der Waals surface area contributed by atoms with Crippen LogP contribution in [0.3, 0.4) is 0 Å². The molecule has 0 N–H and O–H groups in total. The zero-order chi connectivity index (χ0) is 20.9. The van der Waals surface area contributed by atoms with Crippen LogP contribution < -0.4 is 0 Å². The zero-order valence-corrected chi connectivity index (χ0v) is 17.9. The third-order valence-corrected chi connectivity index (χ3v) is 10.4. The number of hydrogen-bond donors (Lipinski definition) is 0. The summed E-state index contributed by atoms with van der Waals surface area (Å²) >= 11 is 0. The van der Waals surface area contributed by atoms with Crippen molar-refractivity contribution in [2.75, 3.05) is 13.1 Å². The van der Waals surface area contributed by atoms with Gasteiger partial charge in [0.15, 0.2) is 8.32 Å². The van der Waals surface area contributed by atoms with Gasteiger partial charge in [0.2, 0.25) is 5.91 Å². The van der Waals surface area contributed by atoms with Crippen molar-refractivity contribution in [2.24, 2.45) is 0 Å². The van der Waals surface area contributed by atoms with Gasteiger partial charge in [-0.05, 0) is 30.3 Å². The molecule has 1 saturated heterocycles. The first-order valence-electron chi connectivity index (χ1n) is 9.38. The molecule has 8 heteroatoms. The van der Waals surface area contributed by atoms with E-state index in [0.717, 1.165) is 0 Å². The molecule has 0 radical (unpaired) electrons. The lowest BCUT2D eigenvalue weighted by Crippen LogP contribution is -2.46. The number of likely N-dealkylation sites (tertiary alicyclic amines) is 1. The summed E-state index contributed by atoms with van der Waals surface area (Å²) < 4.78 is 6.28. The molecule has 1 unspecified atom stereocenters. The van der Waals surface area contributed by atoms with Crippen molar-refractivity contribution in [3.63, 3.8) is 0 Å². The molecule has 1 atom stereocenters. The third kappa shape index (κ3) is 3.54. The average Bonchev–Trinajstić information content (AvgIpc) is 3.04. The van der Waals surface area contributed by atoms with Gasteiger partial charge >= 0.3 is 0 Å². The van der Waals surface area contributed by atoms with Crippen LogP contribution in [-0.4, -0.2) is 60.9 Å². The standard InChI is InChI=1S/C20H26N2O5Si/c1-20(2,3)28(4,5)27-13-10-16(23)21(11-13)12-17(24)22-18(25)14-8-6-7-9-15(14)19(22)26/h6-9,13H,10-12H2,1-5H3. The van der Waals surface area contributed by atoms with Crippen LogP contribution in [0.2, 0.25) is 18.1 Å². The average molecular weight is 403 g/mol. The van der Waals surface area contributed by atoms with E-state index in [2.05, 4.69) is 33.9 Å². The molecule has 0 saturated carbocycles. The molecule has 2 aliphatic heterocycles. The van der Waals surface area contributed by atoms with Gasteiger partial charge in [-0.2, -0.15) is 0 Å². The first-order valence-corrected chi connectivity index (χ1v) is 12.3. The van der Waals surface area contributed by atoms with Crippen LogP contribution in [0.1, 0.15) is 47.9 Å². The van der Waals surface area contributed by atoms with Crippen LogP contribution in [0.4, 0.5) is 0 Å². The molecule has 28 heavy (non-hydrogen) atoms. The summed E-state index contributed by atoms with van der Waals surface area (Å²) in [6, 6.07) is 6.33. The van der Waals surface area contributed by atoms with Crippen molar-refractivity contribution in [1.82, 2.24) is 9.80 Å². The van der Waals surface area contributed by atoms with Crippen LogP contribution in [-0.2, 0) is 14.0 Å². The fraction of sp³-hybridized carbons (Fsp3) is 0.500. The maximum atomic E-state index is 12.6. The second kappa shape index (κ2) is 6.93. The molecule has 1 fully saturated rings. The predicted molar refractivity (Wildman–Crippen MR) is 105 cm³/mol. The number of hydrogen-bond acceptors (Lipinski definition) is 5. The van der Waals surface area contributed by atoms with Crippen LogP contribution >= 0.6 is 0 Å². The molecule has 0 spiro atoms. The highest BCUT2D eigenvalue weighted by Gasteiger charge is 2.44. The Morgan fingerprint density at radius 2 is 1.64 bits per heavy atom. The topological polar surface area (TPSA) is 84.0 Å². The van der Waals surface area contributed by atoms with E-state index in [1.807, 2.05) is 0 Å². The summed E-state index contributed by atoms with van der Waals surface area (Å²) in [5, 5.41) is 0.0133. The van der Waals surface area contributed by atoms with E-state index in [-0.39, 0.29) is 41.1 Å². The summed E-state index contributed by atoms with van der Waals surface area (Å²) in [5.41, 5.74) is 0.431. The van der Waals surface area contributed by atoms with Gasteiger partial charge in [0.1, 0.15) is 6.54 Å². The number of carbonyl (C=O) groups excluding carboxylic acids is 4. The number of fused-ring (bicyclic) bond motifs is 1. The van der Waals surface area contributed by atoms with E-state index in [1.165, 1.54) is 17.0 Å². The van der Waals surface area contributed by atoms with Crippen LogP contribution in [0, 0.1) is 0 Å². The number of imide groups is 3. The van der Waals surface area contributed by atoms with E-state index in [9.17, 15) is 19.2 Å². The highest BCUT2D eigenvalue weighted by atomic mass is 28.4. The molecule has 7 nitrogen and oxygen atoms in total. The molecule has 3 rings (SSSR count). The lowest BCUT2D eigenvalue weighted by atomic mass is 10.1. The summed E-state index contributed by atoms with van der Waals surface area (Å²) in [4.78, 5) is 51.9. The second-order valence-electron chi connectivity index (χ2n) is 8.86. The minimum absolute atomic E-state index is 0.0133. The van der Waals surface area contributed by atoms with Gasteiger partial charge in [-0.1, -0.05) is 32.9 Å². The van der Waals surface area contributed by atoms with Crippen molar-refractivity contribution in [3.05, 3.63) is 35.4 Å². The Labute approximate surface area is 165 Å². The van der Waals surface area contributed by atoms with Gasteiger partial charge in [-0.25, -0.2) is 4.90 Å². The molecular weight excluding hydrogens is 376 g/mol. The molecular formula is C20H26N2O5Si. The minimum Gasteiger partial charge on any atom is -0.412 e. The van der Waals surface area contributed by atoms with E-state index >= 15 is 0 Å². The van der Waals surface area contributed by atoms with Crippen molar-refractivity contribution in [3.8, 4) is 0 Å². The summed E-state index contributed by atoms with van der Waals surface area (Å²) in [6.45, 7) is 10.6. The highest BCUT2D eigenvalue weighted by Crippen LogP contribution is 2.38. The van der Waals surface area contributed by atoms with Gasteiger partial charge < -0.3 is 9.33 Å². The van der Waals surface area contributed by atoms with Crippen molar-refractivity contribution >= 4 is 31.9 Å². The summed E-state index contributed by atoms with van der Waals surface area (Å²) in [7, 11) is -2.04. The first-order chi connectivity index (χ1) is 12.9. The fourth-order valence-corrected chi connectivity index (χ4v) is 4.56. The monoisotopic (exact) mass is 402 g/mol. The number of nitrogens with zero attached hydrogens (tertiary/aromatic N) is 2. The van der Waals surface area contributed by atoms with Crippen molar-refractivity contribution in [1.29, 1.82) is 0 Å². The number of rotatable bonds is 4. The number of amides is 4. The van der Waals surface area contributed by atoms with E-state index < -0.39 is 26.0 Å². The summed E-state index contributed by atoms with van der Waals surface area (Å²) in [6.07, 6.45) is -0.0644. The quantitative estimate of drug-likeness (QED) is 0.570. The van der Waals surface area contributed by atoms with Gasteiger partial charge in [0.25, 0.3) is 17.7 Å². The Morgan fingerprint density at radius 1 is 1.11 bits per heavy atom. The van der Waals surface area contributed by atoms with E-state index in [0.29, 0.717) is 11.4 Å². The first kappa shape index (κ1) is 20.4. The SMILES string of the molecule is CC(C)(C)[Si](C)(C)OC1CC(=O)N(CC(=O)N2C(=O)c3ccccc3C2=O)C1. The van der Waals surface area contributed by atoms with Gasteiger partial charge in [-0.15, -0.1) is 0 Å². The molecule has 150 valence electrons. The Balaban J connectivity index is 1.67. The molecule has 0 bridgehead atoms. The highest BCUT2D eigenvalue weighted by molar-refractivity contribution is 6.74. The Kier molecular flexibility index (Phi) is 5.05. The van der Waals surface area contributed by atoms with Crippen molar-refractivity contribution < 1.29 is 23.6 Å². The smallest absolute Gasteiger partial charge is 0.268 e. The number of carbonyl (C=O) groups is 4. The molecule has 2 aliphatic rings. The maximum Gasteiger partial charge on any atom is 0.268 e. The Morgan fingerprint density at radius 3 is 2.14 bits per heavy atom. The van der Waals surface area contributed by atoms with Gasteiger partial charge in [-0.3, -0.25) is 19.2 Å². The van der Waals surface area contributed by atoms with Gasteiger partial charge in [0, 0.05) is 6.54 Å². The van der Waals surface area contributed by atoms with Crippen molar-refractivity contribution in [2.45, 2.75) is 51.4 Å². The number of benzene rings is 1. The molecule has 1 aromatic rings. The summed E-state index contributed by atoms with van der Waals surface area (Å²) in [5.74, 6) is -2.15. The zero-order valence-electron chi connectivity index (χ0n) is 16.9. The minimum atomic E-state index is -2.04. The maximum absolute atomic E-state index is 12.6. The third-order valence-electron chi connectivity index (χ3n) is 5.82. The molecule has 2 heterocycles. The van der Waals surface area contributed by atoms with Crippen LogP contribution in [0.5, 0.6) is 0 Å². The Bertz CT molecular complexity index is 823.